The Morgan fingerprint density at radius 1 is 1.44 bits per heavy atom. The molecule has 5 nitrogen and oxygen atoms in total. The molecule has 0 N–H and O–H groups in total. The molecule has 0 fully saturated rings. The molecule has 1 aromatic heterocycles. The zero-order valence-corrected chi connectivity index (χ0v) is 12.2. The van der Waals surface area contributed by atoms with Gasteiger partial charge in [0.15, 0.2) is 0 Å². The van der Waals surface area contributed by atoms with E-state index in [4.69, 9.17) is 4.74 Å². The number of aromatic nitrogens is 1. The third-order valence-corrected chi connectivity index (χ3v) is 4.31. The number of hydrogen-bond acceptors (Lipinski definition) is 4. The summed E-state index contributed by atoms with van der Waals surface area (Å²) in [7, 11) is -2.30. The van der Waals surface area contributed by atoms with Gasteiger partial charge in [0.05, 0.1) is 19.4 Å². The summed E-state index contributed by atoms with van der Waals surface area (Å²) in [6.45, 7) is 0.991. The van der Waals surface area contributed by atoms with Crippen LogP contribution in [0.5, 0.6) is 0 Å². The molecule has 102 valence electrons. The second-order valence-corrected chi connectivity index (χ2v) is 6.30. The Balaban J connectivity index is 2.68. The summed E-state index contributed by atoms with van der Waals surface area (Å²) in [5.74, 6) is -0.681. The molecule has 0 saturated heterocycles. The molecule has 0 radical (unpaired) electrons. The van der Waals surface area contributed by atoms with Crippen molar-refractivity contribution in [2.45, 2.75) is 4.90 Å². The Morgan fingerprint density at radius 3 is 2.78 bits per heavy atom. The molecule has 0 aliphatic carbocycles. The van der Waals surface area contributed by atoms with Gasteiger partial charge in [0.1, 0.15) is 10.7 Å². The minimum Gasteiger partial charge on any atom is -0.379 e. The van der Waals surface area contributed by atoms with Crippen LogP contribution in [0.1, 0.15) is 0 Å². The second-order valence-electron chi connectivity index (χ2n) is 3.47. The highest BCUT2D eigenvalue weighted by atomic mass is 79.9. The first kappa shape index (κ1) is 15.5. The lowest BCUT2D eigenvalue weighted by Gasteiger charge is -2.16. The van der Waals surface area contributed by atoms with E-state index in [0.29, 0.717) is 11.9 Å². The summed E-state index contributed by atoms with van der Waals surface area (Å²) < 4.78 is 43.2. The third-order valence-electron chi connectivity index (χ3n) is 2.16. The lowest BCUT2D eigenvalue weighted by atomic mass is 10.5. The van der Waals surface area contributed by atoms with E-state index in [1.165, 1.54) is 7.05 Å². The fraction of sp³-hybridized carbons (Fsp3) is 0.500. The molecule has 0 bridgehead atoms. The standard InChI is InChI=1S/C10H14BrFN2O3S/c1-14(3-5-17-4-2-11)18(15,16)10-6-9(12)7-13-8-10/h6-8H,2-5H2,1H3. The number of nitrogens with zero attached hydrogens (tertiary/aromatic N) is 2. The summed E-state index contributed by atoms with van der Waals surface area (Å²) >= 11 is 3.19. The zero-order chi connectivity index (χ0) is 13.6. The maximum atomic E-state index is 12.9. The highest BCUT2D eigenvalue weighted by molar-refractivity contribution is 9.09. The van der Waals surface area contributed by atoms with E-state index in [-0.39, 0.29) is 18.0 Å². The second kappa shape index (κ2) is 7.13. The number of sulfonamides is 1. The summed E-state index contributed by atoms with van der Waals surface area (Å²) in [5.41, 5.74) is 0. The average molecular weight is 341 g/mol. The van der Waals surface area contributed by atoms with Crippen LogP contribution in [-0.2, 0) is 14.8 Å². The van der Waals surface area contributed by atoms with Gasteiger partial charge in [0.25, 0.3) is 0 Å². The maximum absolute atomic E-state index is 12.9. The van der Waals surface area contributed by atoms with E-state index in [0.717, 1.165) is 22.8 Å². The molecular formula is C10H14BrFN2O3S. The van der Waals surface area contributed by atoms with E-state index in [1.807, 2.05) is 0 Å². The monoisotopic (exact) mass is 340 g/mol. The lowest BCUT2D eigenvalue weighted by Crippen LogP contribution is -2.30. The van der Waals surface area contributed by atoms with E-state index in [1.54, 1.807) is 0 Å². The summed E-state index contributed by atoms with van der Waals surface area (Å²) in [4.78, 5) is 3.36. The van der Waals surface area contributed by atoms with Crippen LogP contribution >= 0.6 is 15.9 Å². The molecule has 0 spiro atoms. The first-order chi connectivity index (χ1) is 8.48. The number of rotatable bonds is 7. The van der Waals surface area contributed by atoms with E-state index < -0.39 is 15.8 Å². The molecule has 0 amide bonds. The summed E-state index contributed by atoms with van der Waals surface area (Å²) in [6.07, 6.45) is 2.08. The quantitative estimate of drug-likeness (QED) is 0.553. The van der Waals surface area contributed by atoms with Gasteiger partial charge in [-0.25, -0.2) is 12.8 Å². The molecule has 1 aromatic rings. The Hall–Kier alpha value is -0.570. The van der Waals surface area contributed by atoms with Crippen molar-refractivity contribution in [3.8, 4) is 0 Å². The third kappa shape index (κ3) is 4.27. The van der Waals surface area contributed by atoms with E-state index in [2.05, 4.69) is 20.9 Å². The first-order valence-corrected chi connectivity index (χ1v) is 7.75. The largest absolute Gasteiger partial charge is 0.379 e. The van der Waals surface area contributed by atoms with Crippen molar-refractivity contribution in [1.29, 1.82) is 0 Å². The Kier molecular flexibility index (Phi) is 6.13. The van der Waals surface area contributed by atoms with Crippen molar-refractivity contribution in [2.24, 2.45) is 0 Å². The molecule has 0 aliphatic heterocycles. The van der Waals surface area contributed by atoms with Crippen LogP contribution in [0, 0.1) is 5.82 Å². The van der Waals surface area contributed by atoms with Crippen molar-refractivity contribution < 1.29 is 17.5 Å². The van der Waals surface area contributed by atoms with Gasteiger partial charge in [-0.2, -0.15) is 4.31 Å². The van der Waals surface area contributed by atoms with E-state index in [9.17, 15) is 12.8 Å². The molecule has 18 heavy (non-hydrogen) atoms. The van der Waals surface area contributed by atoms with E-state index >= 15 is 0 Å². The first-order valence-electron chi connectivity index (χ1n) is 5.19. The van der Waals surface area contributed by atoms with Gasteiger partial charge in [-0.1, -0.05) is 15.9 Å². The van der Waals surface area contributed by atoms with Gasteiger partial charge in [-0.05, 0) is 6.07 Å². The van der Waals surface area contributed by atoms with Gasteiger partial charge in [-0.15, -0.1) is 0 Å². The normalized spacial score (nSPS) is 12.0. The predicted octanol–water partition coefficient (Wildman–Crippen LogP) is 1.25. The minimum atomic E-state index is -3.71. The fourth-order valence-electron chi connectivity index (χ4n) is 1.18. The summed E-state index contributed by atoms with van der Waals surface area (Å²) in [6, 6.07) is 0.943. The number of halogens is 2. The molecule has 0 atom stereocenters. The number of likely N-dealkylation sites (N-methyl/N-ethyl adjacent to an activating group) is 1. The Morgan fingerprint density at radius 2 is 2.17 bits per heavy atom. The fourth-order valence-corrected chi connectivity index (χ4v) is 2.54. The molecule has 0 saturated carbocycles. The SMILES string of the molecule is CN(CCOCCBr)S(=O)(=O)c1cncc(F)c1. The number of ether oxygens (including phenoxy) is 1. The van der Waals surface area contributed by atoms with Gasteiger partial charge in [0, 0.05) is 25.1 Å². The molecule has 0 aromatic carbocycles. The summed E-state index contributed by atoms with van der Waals surface area (Å²) in [5, 5.41) is 0.692. The van der Waals surface area contributed by atoms with Crippen LogP contribution in [0.25, 0.3) is 0 Å². The topological polar surface area (TPSA) is 59.5 Å². The Labute approximate surface area is 114 Å². The number of alkyl halides is 1. The van der Waals surface area contributed by atoms with Crippen LogP contribution < -0.4 is 0 Å². The van der Waals surface area contributed by atoms with Gasteiger partial charge in [-0.3, -0.25) is 4.98 Å². The number of pyridine rings is 1. The Bertz CT molecular complexity index is 484. The van der Waals surface area contributed by atoms with Crippen LogP contribution in [0.3, 0.4) is 0 Å². The van der Waals surface area contributed by atoms with Crippen molar-refractivity contribution in [2.75, 3.05) is 32.1 Å². The molecule has 0 aliphatic rings. The van der Waals surface area contributed by atoms with Crippen LogP contribution in [-0.4, -0.2) is 49.8 Å². The van der Waals surface area contributed by atoms with Crippen molar-refractivity contribution in [1.82, 2.24) is 9.29 Å². The molecule has 1 heterocycles. The average Bonchev–Trinajstić information content (AvgIpc) is 2.34. The van der Waals surface area contributed by atoms with Crippen molar-refractivity contribution in [3.63, 3.8) is 0 Å². The lowest BCUT2D eigenvalue weighted by molar-refractivity contribution is 0.141. The molecule has 8 heteroatoms. The smallest absolute Gasteiger partial charge is 0.244 e. The minimum absolute atomic E-state index is 0.162. The van der Waals surface area contributed by atoms with Crippen LogP contribution in [0.2, 0.25) is 0 Å². The zero-order valence-electron chi connectivity index (χ0n) is 9.84. The van der Waals surface area contributed by atoms with Gasteiger partial charge in [0.2, 0.25) is 10.0 Å². The maximum Gasteiger partial charge on any atom is 0.244 e. The van der Waals surface area contributed by atoms with Gasteiger partial charge >= 0.3 is 0 Å². The molecular weight excluding hydrogens is 327 g/mol. The van der Waals surface area contributed by atoms with Crippen LogP contribution in [0.4, 0.5) is 4.39 Å². The van der Waals surface area contributed by atoms with Crippen molar-refractivity contribution in [3.05, 3.63) is 24.3 Å². The van der Waals surface area contributed by atoms with Crippen LogP contribution in [0.15, 0.2) is 23.4 Å². The van der Waals surface area contributed by atoms with Crippen molar-refractivity contribution >= 4 is 26.0 Å². The van der Waals surface area contributed by atoms with Gasteiger partial charge < -0.3 is 4.74 Å². The number of hydrogen-bond donors (Lipinski definition) is 0. The predicted molar refractivity (Wildman–Crippen MR) is 68.6 cm³/mol. The highest BCUT2D eigenvalue weighted by Crippen LogP contribution is 2.13. The highest BCUT2D eigenvalue weighted by Gasteiger charge is 2.21. The molecule has 0 unspecified atom stereocenters. The molecule has 1 rings (SSSR count).